The van der Waals surface area contributed by atoms with Gasteiger partial charge in [0, 0.05) is 17.1 Å². The van der Waals surface area contributed by atoms with Gasteiger partial charge in [-0.3, -0.25) is 4.79 Å². The molecule has 20 heavy (non-hydrogen) atoms. The van der Waals surface area contributed by atoms with Gasteiger partial charge in [0.05, 0.1) is 23.2 Å². The lowest BCUT2D eigenvalue weighted by Crippen LogP contribution is -2.32. The molecule has 0 radical (unpaired) electrons. The van der Waals surface area contributed by atoms with E-state index in [-0.39, 0.29) is 11.8 Å². The molecule has 3 unspecified atom stereocenters. The number of ether oxygens (including phenoxy) is 1. The van der Waals surface area contributed by atoms with Crippen LogP contribution >= 0.6 is 27.5 Å². The van der Waals surface area contributed by atoms with Crippen LogP contribution in [0.2, 0.25) is 5.02 Å². The molecule has 1 aromatic rings. The van der Waals surface area contributed by atoms with E-state index in [1.807, 2.05) is 0 Å². The van der Waals surface area contributed by atoms with Gasteiger partial charge in [0.2, 0.25) is 5.91 Å². The first-order chi connectivity index (χ1) is 9.58. The van der Waals surface area contributed by atoms with Gasteiger partial charge in [-0.05, 0) is 47.3 Å². The van der Waals surface area contributed by atoms with Crippen LogP contribution in [-0.4, -0.2) is 25.1 Å². The molecule has 0 saturated carbocycles. The Morgan fingerprint density at radius 3 is 2.90 bits per heavy atom. The smallest absolute Gasteiger partial charge is 0.229 e. The van der Waals surface area contributed by atoms with Crippen molar-refractivity contribution in [3.63, 3.8) is 0 Å². The summed E-state index contributed by atoms with van der Waals surface area (Å²) in [6.07, 6.45) is 3.18. The standard InChI is InChI=1S/C14H16BrClN2O2/c1-20-13-10(15)4-7(16)5-12(13)18-14(19)9-6-8-2-3-11(9)17-8/h4-5,8-9,11,17H,2-3,6H2,1H3,(H,18,19). The van der Waals surface area contributed by atoms with Crippen LogP contribution in [-0.2, 0) is 4.79 Å². The van der Waals surface area contributed by atoms with Crippen molar-refractivity contribution in [1.82, 2.24) is 5.32 Å². The zero-order chi connectivity index (χ0) is 14.3. The summed E-state index contributed by atoms with van der Waals surface area (Å²) in [5, 5.41) is 6.97. The summed E-state index contributed by atoms with van der Waals surface area (Å²) in [5.74, 6) is 0.673. The fraction of sp³-hybridized carbons (Fsp3) is 0.500. The Labute approximate surface area is 131 Å². The van der Waals surface area contributed by atoms with Crippen molar-refractivity contribution in [2.24, 2.45) is 5.92 Å². The normalized spacial score (nSPS) is 27.6. The van der Waals surface area contributed by atoms with Crippen LogP contribution in [0.5, 0.6) is 5.75 Å². The topological polar surface area (TPSA) is 50.4 Å². The van der Waals surface area contributed by atoms with Crippen LogP contribution in [0.3, 0.4) is 0 Å². The molecule has 3 atom stereocenters. The maximum atomic E-state index is 12.4. The fourth-order valence-electron chi connectivity index (χ4n) is 3.20. The minimum absolute atomic E-state index is 0.0382. The zero-order valence-corrected chi connectivity index (χ0v) is 13.4. The molecule has 108 valence electrons. The lowest BCUT2D eigenvalue weighted by molar-refractivity contribution is -0.120. The van der Waals surface area contributed by atoms with E-state index < -0.39 is 0 Å². The second-order valence-electron chi connectivity index (χ2n) is 5.35. The van der Waals surface area contributed by atoms with Crippen molar-refractivity contribution in [3.05, 3.63) is 21.6 Å². The lowest BCUT2D eigenvalue weighted by Gasteiger charge is -2.20. The maximum Gasteiger partial charge on any atom is 0.229 e. The van der Waals surface area contributed by atoms with E-state index in [9.17, 15) is 4.79 Å². The molecule has 3 rings (SSSR count). The van der Waals surface area contributed by atoms with E-state index in [0.717, 1.165) is 17.3 Å². The van der Waals surface area contributed by atoms with E-state index in [1.165, 1.54) is 6.42 Å². The molecule has 0 aliphatic carbocycles. The second kappa shape index (κ2) is 5.54. The highest BCUT2D eigenvalue weighted by atomic mass is 79.9. The maximum absolute atomic E-state index is 12.4. The number of methoxy groups -OCH3 is 1. The highest BCUT2D eigenvalue weighted by Gasteiger charge is 2.42. The molecule has 1 aromatic carbocycles. The Balaban J connectivity index is 1.79. The molecular formula is C14H16BrClN2O2. The Morgan fingerprint density at radius 2 is 2.30 bits per heavy atom. The van der Waals surface area contributed by atoms with Gasteiger partial charge in [-0.1, -0.05) is 11.6 Å². The number of hydrogen-bond donors (Lipinski definition) is 2. The minimum atomic E-state index is 0.0382. The van der Waals surface area contributed by atoms with Gasteiger partial charge < -0.3 is 15.4 Å². The molecule has 2 aliphatic heterocycles. The van der Waals surface area contributed by atoms with Crippen molar-refractivity contribution in [3.8, 4) is 5.75 Å². The third-order valence-corrected chi connectivity index (χ3v) is 4.91. The summed E-state index contributed by atoms with van der Waals surface area (Å²) in [5.41, 5.74) is 0.611. The third-order valence-electron chi connectivity index (χ3n) is 4.11. The average molecular weight is 360 g/mol. The molecule has 2 N–H and O–H groups in total. The predicted octanol–water partition coefficient (Wildman–Crippen LogP) is 3.19. The number of rotatable bonds is 3. The van der Waals surface area contributed by atoms with Crippen LogP contribution in [0, 0.1) is 5.92 Å². The lowest BCUT2D eigenvalue weighted by atomic mass is 9.88. The monoisotopic (exact) mass is 358 g/mol. The Morgan fingerprint density at radius 1 is 1.50 bits per heavy atom. The number of carbonyl (C=O) groups is 1. The van der Waals surface area contributed by atoms with Crippen molar-refractivity contribution < 1.29 is 9.53 Å². The number of carbonyl (C=O) groups excluding carboxylic acids is 1. The number of anilines is 1. The van der Waals surface area contributed by atoms with E-state index in [0.29, 0.717) is 28.5 Å². The molecule has 1 amide bonds. The average Bonchev–Trinajstić information content (AvgIpc) is 3.00. The summed E-state index contributed by atoms with van der Waals surface area (Å²) in [4.78, 5) is 12.4. The van der Waals surface area contributed by atoms with E-state index in [1.54, 1.807) is 19.2 Å². The summed E-state index contributed by atoms with van der Waals surface area (Å²) < 4.78 is 6.05. The van der Waals surface area contributed by atoms with Gasteiger partial charge >= 0.3 is 0 Å². The van der Waals surface area contributed by atoms with E-state index >= 15 is 0 Å². The fourth-order valence-corrected chi connectivity index (χ4v) is 4.17. The Kier molecular flexibility index (Phi) is 3.93. The largest absolute Gasteiger partial charge is 0.493 e. The first-order valence-corrected chi connectivity index (χ1v) is 7.85. The molecule has 4 nitrogen and oxygen atoms in total. The SMILES string of the molecule is COc1c(Br)cc(Cl)cc1NC(=O)C1CC2CCC1N2. The summed E-state index contributed by atoms with van der Waals surface area (Å²) in [7, 11) is 1.57. The number of hydrogen-bond acceptors (Lipinski definition) is 3. The zero-order valence-electron chi connectivity index (χ0n) is 11.1. The predicted molar refractivity (Wildman–Crippen MR) is 82.4 cm³/mol. The van der Waals surface area contributed by atoms with Gasteiger partial charge in [-0.25, -0.2) is 0 Å². The van der Waals surface area contributed by atoms with Crippen LogP contribution in [0.1, 0.15) is 19.3 Å². The number of nitrogens with one attached hydrogen (secondary N) is 2. The van der Waals surface area contributed by atoms with Crippen molar-refractivity contribution in [2.75, 3.05) is 12.4 Å². The summed E-state index contributed by atoms with van der Waals surface area (Å²) >= 11 is 9.43. The molecule has 6 heteroatoms. The molecule has 0 aromatic heterocycles. The summed E-state index contributed by atoms with van der Waals surface area (Å²) in [6, 6.07) is 4.27. The van der Waals surface area contributed by atoms with Crippen LogP contribution in [0.4, 0.5) is 5.69 Å². The molecule has 2 fully saturated rings. The van der Waals surface area contributed by atoms with Crippen LogP contribution in [0.25, 0.3) is 0 Å². The Hall–Kier alpha value is -0.780. The third kappa shape index (κ3) is 2.54. The number of fused-ring (bicyclic) bond motifs is 2. The van der Waals surface area contributed by atoms with Crippen LogP contribution < -0.4 is 15.4 Å². The first kappa shape index (κ1) is 14.2. The molecule has 2 saturated heterocycles. The van der Waals surface area contributed by atoms with Crippen molar-refractivity contribution in [2.45, 2.75) is 31.3 Å². The number of amides is 1. The molecular weight excluding hydrogens is 344 g/mol. The van der Waals surface area contributed by atoms with Crippen molar-refractivity contribution >= 4 is 39.1 Å². The highest BCUT2D eigenvalue weighted by molar-refractivity contribution is 9.10. The molecule has 2 heterocycles. The number of halogens is 2. The quantitative estimate of drug-likeness (QED) is 0.871. The summed E-state index contributed by atoms with van der Waals surface area (Å²) in [6.45, 7) is 0. The molecule has 0 spiro atoms. The highest BCUT2D eigenvalue weighted by Crippen LogP contribution is 2.38. The minimum Gasteiger partial charge on any atom is -0.493 e. The second-order valence-corrected chi connectivity index (χ2v) is 6.64. The molecule has 2 bridgehead atoms. The van der Waals surface area contributed by atoms with Gasteiger partial charge in [0.25, 0.3) is 0 Å². The molecule has 2 aliphatic rings. The van der Waals surface area contributed by atoms with E-state index in [2.05, 4.69) is 26.6 Å². The first-order valence-electron chi connectivity index (χ1n) is 6.68. The van der Waals surface area contributed by atoms with Gasteiger partial charge in [-0.2, -0.15) is 0 Å². The van der Waals surface area contributed by atoms with Crippen LogP contribution in [0.15, 0.2) is 16.6 Å². The van der Waals surface area contributed by atoms with Gasteiger partial charge in [0.1, 0.15) is 0 Å². The van der Waals surface area contributed by atoms with E-state index in [4.69, 9.17) is 16.3 Å². The van der Waals surface area contributed by atoms with Gasteiger partial charge in [0.15, 0.2) is 5.75 Å². The Bertz CT molecular complexity index is 552. The van der Waals surface area contributed by atoms with Crippen molar-refractivity contribution in [1.29, 1.82) is 0 Å². The van der Waals surface area contributed by atoms with Gasteiger partial charge in [-0.15, -0.1) is 0 Å². The number of benzene rings is 1.